The van der Waals surface area contributed by atoms with Crippen molar-refractivity contribution in [1.29, 1.82) is 0 Å². The number of alkyl carbamates (subject to hydrolysis) is 1. The van der Waals surface area contributed by atoms with Crippen LogP contribution in [0.2, 0.25) is 0 Å². The Morgan fingerprint density at radius 2 is 1.60 bits per heavy atom. The molecule has 1 atom stereocenters. The number of hydrogen-bond acceptors (Lipinski definition) is 6. The van der Waals surface area contributed by atoms with Crippen LogP contribution in [0, 0.1) is 0 Å². The van der Waals surface area contributed by atoms with Gasteiger partial charge in [-0.1, -0.05) is 60.7 Å². The smallest absolute Gasteiger partial charge is 0.408 e. The summed E-state index contributed by atoms with van der Waals surface area (Å²) in [5.74, 6) is 0.644. The van der Waals surface area contributed by atoms with Gasteiger partial charge in [-0.25, -0.2) is 4.79 Å². The molecular formula is C32H34N2O6. The molecule has 0 radical (unpaired) electrons. The van der Waals surface area contributed by atoms with Gasteiger partial charge >= 0.3 is 6.09 Å². The van der Waals surface area contributed by atoms with Gasteiger partial charge in [0, 0.05) is 5.69 Å². The Morgan fingerprint density at radius 3 is 2.30 bits per heavy atom. The molecule has 8 heteroatoms. The lowest BCUT2D eigenvalue weighted by atomic mass is 10.1. The molecule has 0 bridgehead atoms. The number of carbonyl (C=O) groups is 2. The SMILES string of the molecule is O=C(N[C@@H](CO)C(=O)Nc1ccc(OCCCCCc2ccccc2)c(-c2ccco2)c1)OCc1ccccc1. The van der Waals surface area contributed by atoms with Crippen molar-refractivity contribution in [3.8, 4) is 17.1 Å². The predicted molar refractivity (Wildman–Crippen MR) is 153 cm³/mol. The van der Waals surface area contributed by atoms with E-state index in [1.165, 1.54) is 5.56 Å². The Labute approximate surface area is 233 Å². The molecule has 1 heterocycles. The van der Waals surface area contributed by atoms with Crippen molar-refractivity contribution in [2.24, 2.45) is 0 Å². The highest BCUT2D eigenvalue weighted by molar-refractivity contribution is 5.97. The number of amides is 2. The Kier molecular flexibility index (Phi) is 10.8. The molecule has 3 N–H and O–H groups in total. The van der Waals surface area contributed by atoms with Crippen LogP contribution in [0.15, 0.2) is 102 Å². The van der Waals surface area contributed by atoms with Crippen molar-refractivity contribution in [3.63, 3.8) is 0 Å². The number of nitrogens with one attached hydrogen (secondary N) is 2. The molecule has 4 aromatic rings. The number of unbranched alkanes of at least 4 members (excludes halogenated alkanes) is 2. The van der Waals surface area contributed by atoms with Crippen LogP contribution >= 0.6 is 0 Å². The second-order valence-corrected chi connectivity index (χ2v) is 9.26. The van der Waals surface area contributed by atoms with Gasteiger partial charge < -0.3 is 29.6 Å². The molecule has 0 saturated heterocycles. The molecule has 0 fully saturated rings. The van der Waals surface area contributed by atoms with Crippen LogP contribution in [-0.4, -0.2) is 36.4 Å². The Hall–Kier alpha value is -4.56. The highest BCUT2D eigenvalue weighted by Gasteiger charge is 2.21. The third kappa shape index (κ3) is 8.74. The van der Waals surface area contributed by atoms with Gasteiger partial charge in [-0.3, -0.25) is 4.79 Å². The van der Waals surface area contributed by atoms with E-state index >= 15 is 0 Å². The monoisotopic (exact) mass is 542 g/mol. The highest BCUT2D eigenvalue weighted by Crippen LogP contribution is 2.33. The van der Waals surface area contributed by atoms with Gasteiger partial charge in [-0.15, -0.1) is 0 Å². The maximum absolute atomic E-state index is 12.8. The lowest BCUT2D eigenvalue weighted by Crippen LogP contribution is -2.46. The number of anilines is 1. The van der Waals surface area contributed by atoms with Gasteiger partial charge in [0.05, 0.1) is 25.0 Å². The Balaban J connectivity index is 1.30. The molecule has 40 heavy (non-hydrogen) atoms. The summed E-state index contributed by atoms with van der Waals surface area (Å²) in [6, 6.07) is 27.2. The molecule has 0 aliphatic heterocycles. The number of hydrogen-bond donors (Lipinski definition) is 3. The van der Waals surface area contributed by atoms with Crippen LogP contribution in [0.5, 0.6) is 5.75 Å². The van der Waals surface area contributed by atoms with Gasteiger partial charge in [0.1, 0.15) is 24.2 Å². The second kappa shape index (κ2) is 15.1. The molecule has 4 rings (SSSR count). The fourth-order valence-electron chi connectivity index (χ4n) is 4.12. The number of rotatable bonds is 14. The molecule has 0 aliphatic rings. The Morgan fingerprint density at radius 1 is 0.850 bits per heavy atom. The number of ether oxygens (including phenoxy) is 2. The first-order valence-corrected chi connectivity index (χ1v) is 13.4. The molecule has 0 saturated carbocycles. The number of aryl methyl sites for hydroxylation is 1. The molecule has 1 aromatic heterocycles. The number of furan rings is 1. The van der Waals surface area contributed by atoms with E-state index in [0.717, 1.165) is 31.2 Å². The van der Waals surface area contributed by atoms with Crippen molar-refractivity contribution in [1.82, 2.24) is 5.32 Å². The summed E-state index contributed by atoms with van der Waals surface area (Å²) in [6.07, 6.45) is 4.85. The summed E-state index contributed by atoms with van der Waals surface area (Å²) >= 11 is 0. The molecule has 0 spiro atoms. The standard InChI is InChI=1S/C32H34N2O6/c35-22-28(34-32(37)40-23-25-14-6-2-7-15-25)31(36)33-26-17-18-30(27(21-26)29-16-10-20-39-29)38-19-9-3-8-13-24-11-4-1-5-12-24/h1-2,4-7,10-12,14-18,20-21,28,35H,3,8-9,13,19,22-23H2,(H,33,36)(H,34,37)/t28-/m0/s1. The zero-order valence-corrected chi connectivity index (χ0v) is 22.3. The van der Waals surface area contributed by atoms with Crippen molar-refractivity contribution in [2.45, 2.75) is 38.3 Å². The largest absolute Gasteiger partial charge is 0.493 e. The van der Waals surface area contributed by atoms with Crippen LogP contribution in [0.4, 0.5) is 10.5 Å². The second-order valence-electron chi connectivity index (χ2n) is 9.26. The molecular weight excluding hydrogens is 508 g/mol. The van der Waals surface area contributed by atoms with Crippen LogP contribution in [0.25, 0.3) is 11.3 Å². The first-order valence-electron chi connectivity index (χ1n) is 13.4. The van der Waals surface area contributed by atoms with E-state index in [1.54, 1.807) is 30.5 Å². The van der Waals surface area contributed by atoms with Crippen LogP contribution < -0.4 is 15.4 Å². The average Bonchev–Trinajstić information content (AvgIpc) is 3.53. The predicted octanol–water partition coefficient (Wildman–Crippen LogP) is 5.96. The van der Waals surface area contributed by atoms with Gasteiger partial charge in [-0.05, 0) is 67.1 Å². The van der Waals surface area contributed by atoms with E-state index in [4.69, 9.17) is 13.9 Å². The minimum absolute atomic E-state index is 0.0490. The van der Waals surface area contributed by atoms with E-state index in [1.807, 2.05) is 42.5 Å². The summed E-state index contributed by atoms with van der Waals surface area (Å²) in [7, 11) is 0. The Bertz CT molecular complexity index is 1330. The average molecular weight is 543 g/mol. The topological polar surface area (TPSA) is 110 Å². The van der Waals surface area contributed by atoms with E-state index < -0.39 is 24.6 Å². The maximum Gasteiger partial charge on any atom is 0.408 e. The minimum atomic E-state index is -1.19. The molecule has 2 amide bonds. The normalized spacial score (nSPS) is 11.4. The van der Waals surface area contributed by atoms with Crippen LogP contribution in [-0.2, 0) is 22.6 Å². The first kappa shape index (κ1) is 28.4. The van der Waals surface area contributed by atoms with E-state index in [0.29, 0.717) is 29.4 Å². The zero-order valence-electron chi connectivity index (χ0n) is 22.3. The molecule has 3 aromatic carbocycles. The van der Waals surface area contributed by atoms with Gasteiger partial charge in [0.2, 0.25) is 5.91 Å². The molecule has 208 valence electrons. The number of aliphatic hydroxyl groups is 1. The number of benzene rings is 3. The van der Waals surface area contributed by atoms with Gasteiger partial charge in [0.15, 0.2) is 0 Å². The molecule has 8 nitrogen and oxygen atoms in total. The summed E-state index contributed by atoms with van der Waals surface area (Å²) in [5, 5.41) is 14.8. The maximum atomic E-state index is 12.8. The zero-order chi connectivity index (χ0) is 28.0. The van der Waals surface area contributed by atoms with Crippen molar-refractivity contribution in [2.75, 3.05) is 18.5 Å². The van der Waals surface area contributed by atoms with Crippen molar-refractivity contribution >= 4 is 17.7 Å². The van der Waals surface area contributed by atoms with Crippen LogP contribution in [0.3, 0.4) is 0 Å². The molecule has 0 unspecified atom stereocenters. The highest BCUT2D eigenvalue weighted by atomic mass is 16.5. The third-order valence-electron chi connectivity index (χ3n) is 6.25. The molecule has 0 aliphatic carbocycles. The van der Waals surface area contributed by atoms with Gasteiger partial charge in [0.25, 0.3) is 0 Å². The van der Waals surface area contributed by atoms with E-state index in [-0.39, 0.29) is 6.61 Å². The van der Waals surface area contributed by atoms with Crippen molar-refractivity contribution < 1.29 is 28.6 Å². The van der Waals surface area contributed by atoms with E-state index in [9.17, 15) is 14.7 Å². The lowest BCUT2D eigenvalue weighted by Gasteiger charge is -2.17. The minimum Gasteiger partial charge on any atom is -0.493 e. The quantitative estimate of drug-likeness (QED) is 0.170. The summed E-state index contributed by atoms with van der Waals surface area (Å²) < 4.78 is 16.8. The number of carbonyl (C=O) groups excluding carboxylic acids is 2. The fourth-order valence-corrected chi connectivity index (χ4v) is 4.12. The first-order chi connectivity index (χ1) is 19.6. The third-order valence-corrected chi connectivity index (χ3v) is 6.25. The van der Waals surface area contributed by atoms with Gasteiger partial charge in [-0.2, -0.15) is 0 Å². The fraction of sp³-hybridized carbons (Fsp3) is 0.250. The van der Waals surface area contributed by atoms with Crippen molar-refractivity contribution in [3.05, 3.63) is 108 Å². The summed E-state index contributed by atoms with van der Waals surface area (Å²) in [5.41, 5.74) is 3.29. The number of aliphatic hydroxyl groups excluding tert-OH is 1. The summed E-state index contributed by atoms with van der Waals surface area (Å²) in [6.45, 7) is 0.00597. The summed E-state index contributed by atoms with van der Waals surface area (Å²) in [4.78, 5) is 25.0. The van der Waals surface area contributed by atoms with E-state index in [2.05, 4.69) is 34.9 Å². The lowest BCUT2D eigenvalue weighted by molar-refractivity contribution is -0.118. The van der Waals surface area contributed by atoms with Crippen LogP contribution in [0.1, 0.15) is 30.4 Å².